The zero-order valence-electron chi connectivity index (χ0n) is 10.3. The van der Waals surface area contributed by atoms with Crippen LogP contribution in [0.2, 0.25) is 0 Å². The largest absolute Gasteiger partial charge is 0.363 e. The first-order valence-electron chi connectivity index (χ1n) is 6.50. The lowest BCUT2D eigenvalue weighted by molar-refractivity contribution is 0.389. The van der Waals surface area contributed by atoms with E-state index in [1.165, 1.54) is 12.8 Å². The summed E-state index contributed by atoms with van der Waals surface area (Å²) in [6, 6.07) is 1.88. The van der Waals surface area contributed by atoms with E-state index >= 15 is 0 Å². The number of hydrogen-bond acceptors (Lipinski definition) is 3. The molecule has 100 valence electrons. The second kappa shape index (κ2) is 4.36. The van der Waals surface area contributed by atoms with Gasteiger partial charge in [0.15, 0.2) is 0 Å². The van der Waals surface area contributed by atoms with Crippen molar-refractivity contribution in [3.63, 3.8) is 0 Å². The van der Waals surface area contributed by atoms with Gasteiger partial charge in [-0.15, -0.1) is 0 Å². The van der Waals surface area contributed by atoms with Crippen LogP contribution in [-0.4, -0.2) is 30.3 Å². The van der Waals surface area contributed by atoms with Gasteiger partial charge in [-0.25, -0.2) is 8.42 Å². The maximum absolute atomic E-state index is 12.6. The van der Waals surface area contributed by atoms with Crippen LogP contribution in [0, 0.1) is 5.92 Å². The Hall–Kier alpha value is -0.850. The van der Waals surface area contributed by atoms with Gasteiger partial charge in [0.25, 0.3) is 0 Å². The lowest BCUT2D eigenvalue weighted by Gasteiger charge is -2.20. The monoisotopic (exact) mass is 269 g/mol. The predicted molar refractivity (Wildman–Crippen MR) is 68.3 cm³/mol. The third-order valence-electron chi connectivity index (χ3n) is 3.63. The van der Waals surface area contributed by atoms with Crippen LogP contribution in [0.25, 0.3) is 0 Å². The zero-order chi connectivity index (χ0) is 12.8. The first-order valence-corrected chi connectivity index (χ1v) is 7.94. The maximum Gasteiger partial charge on any atom is 0.244 e. The molecule has 2 fully saturated rings. The van der Waals surface area contributed by atoms with Gasteiger partial charge in [0.05, 0.1) is 4.90 Å². The highest BCUT2D eigenvalue weighted by molar-refractivity contribution is 7.89. The molecule has 0 amide bonds. The van der Waals surface area contributed by atoms with Crippen molar-refractivity contribution in [2.24, 2.45) is 11.7 Å². The van der Waals surface area contributed by atoms with E-state index in [1.54, 1.807) is 16.6 Å². The summed E-state index contributed by atoms with van der Waals surface area (Å²) in [5.74, 6) is 0.577. The van der Waals surface area contributed by atoms with Crippen molar-refractivity contribution < 1.29 is 8.42 Å². The molecule has 5 nitrogen and oxygen atoms in total. The summed E-state index contributed by atoms with van der Waals surface area (Å²) in [6.45, 7) is 1.03. The van der Waals surface area contributed by atoms with E-state index in [9.17, 15) is 8.42 Å². The number of sulfonamides is 1. The molecule has 18 heavy (non-hydrogen) atoms. The third-order valence-corrected chi connectivity index (χ3v) is 5.53. The summed E-state index contributed by atoms with van der Waals surface area (Å²) >= 11 is 0. The van der Waals surface area contributed by atoms with Crippen molar-refractivity contribution in [3.8, 4) is 0 Å². The summed E-state index contributed by atoms with van der Waals surface area (Å²) in [5.41, 5.74) is 6.27. The van der Waals surface area contributed by atoms with Crippen molar-refractivity contribution in [3.05, 3.63) is 18.0 Å². The molecule has 3 rings (SSSR count). The van der Waals surface area contributed by atoms with E-state index in [0.717, 1.165) is 18.5 Å². The number of nitrogens with zero attached hydrogens (tertiary/aromatic N) is 1. The minimum absolute atomic E-state index is 0.229. The molecule has 0 radical (unpaired) electrons. The number of nitrogens with one attached hydrogen (secondary N) is 1. The zero-order valence-corrected chi connectivity index (χ0v) is 11.1. The van der Waals surface area contributed by atoms with Crippen LogP contribution in [0.5, 0.6) is 0 Å². The highest BCUT2D eigenvalue weighted by Gasteiger charge is 2.41. The van der Waals surface area contributed by atoms with E-state index in [-0.39, 0.29) is 6.04 Å². The minimum Gasteiger partial charge on any atom is -0.363 e. The summed E-state index contributed by atoms with van der Waals surface area (Å²) in [7, 11) is -3.34. The Morgan fingerprint density at radius 3 is 2.56 bits per heavy atom. The summed E-state index contributed by atoms with van der Waals surface area (Å²) in [5, 5.41) is 0. The lowest BCUT2D eigenvalue weighted by atomic mass is 10.4. The summed E-state index contributed by atoms with van der Waals surface area (Å²) < 4.78 is 26.8. The number of rotatable bonds is 6. The molecule has 3 N–H and O–H groups in total. The fourth-order valence-corrected chi connectivity index (χ4v) is 3.96. The van der Waals surface area contributed by atoms with Crippen LogP contribution in [0.15, 0.2) is 17.2 Å². The van der Waals surface area contributed by atoms with Gasteiger partial charge in [0, 0.05) is 31.0 Å². The maximum atomic E-state index is 12.6. The van der Waals surface area contributed by atoms with E-state index < -0.39 is 10.0 Å². The molecule has 2 aliphatic carbocycles. The highest BCUT2D eigenvalue weighted by Crippen LogP contribution is 2.38. The second-order valence-corrected chi connectivity index (χ2v) is 7.20. The molecule has 2 saturated carbocycles. The molecule has 1 heterocycles. The number of H-pyrrole nitrogens is 1. The average Bonchev–Trinajstić information content (AvgIpc) is 3.24. The number of hydrogen-bond donors (Lipinski definition) is 2. The SMILES string of the molecule is NCc1cc(S(=O)(=O)N(CC2CC2)C2CC2)c[nH]1. The van der Waals surface area contributed by atoms with E-state index in [1.807, 2.05) is 0 Å². The van der Waals surface area contributed by atoms with Crippen LogP contribution < -0.4 is 5.73 Å². The quantitative estimate of drug-likeness (QED) is 0.809. The lowest BCUT2D eigenvalue weighted by Crippen LogP contribution is -2.34. The van der Waals surface area contributed by atoms with Gasteiger partial charge in [0.1, 0.15) is 0 Å². The standard InChI is InChI=1S/C12H19N3O2S/c13-6-10-5-12(7-14-10)18(16,17)15(11-3-4-11)8-9-1-2-9/h5,7,9,11,14H,1-4,6,8,13H2. The van der Waals surface area contributed by atoms with Crippen LogP contribution >= 0.6 is 0 Å². The van der Waals surface area contributed by atoms with Gasteiger partial charge in [-0.2, -0.15) is 4.31 Å². The van der Waals surface area contributed by atoms with Crippen LogP contribution in [0.1, 0.15) is 31.4 Å². The molecular weight excluding hydrogens is 250 g/mol. The first kappa shape index (κ1) is 12.2. The fourth-order valence-electron chi connectivity index (χ4n) is 2.18. The number of aromatic nitrogens is 1. The number of aromatic amines is 1. The first-order chi connectivity index (χ1) is 8.61. The predicted octanol–water partition coefficient (Wildman–Crippen LogP) is 1.04. The van der Waals surface area contributed by atoms with Crippen molar-refractivity contribution in [1.82, 2.24) is 9.29 Å². The van der Waals surface area contributed by atoms with E-state index in [4.69, 9.17) is 5.73 Å². The Labute approximate surface area is 107 Å². The van der Waals surface area contributed by atoms with Crippen LogP contribution in [-0.2, 0) is 16.6 Å². The molecule has 0 aromatic carbocycles. The Balaban J connectivity index is 1.85. The van der Waals surface area contributed by atoms with Gasteiger partial charge in [-0.1, -0.05) is 0 Å². The van der Waals surface area contributed by atoms with Gasteiger partial charge in [0.2, 0.25) is 10.0 Å². The Morgan fingerprint density at radius 2 is 2.06 bits per heavy atom. The molecule has 1 aromatic heterocycles. The molecule has 0 bridgehead atoms. The van der Waals surface area contributed by atoms with E-state index in [0.29, 0.717) is 23.9 Å². The van der Waals surface area contributed by atoms with Gasteiger partial charge < -0.3 is 10.7 Å². The smallest absolute Gasteiger partial charge is 0.244 e. The van der Waals surface area contributed by atoms with Crippen molar-refractivity contribution in [1.29, 1.82) is 0 Å². The Bertz CT molecular complexity index is 529. The molecular formula is C12H19N3O2S. The van der Waals surface area contributed by atoms with Crippen molar-refractivity contribution >= 4 is 10.0 Å². The average molecular weight is 269 g/mol. The highest BCUT2D eigenvalue weighted by atomic mass is 32.2. The number of nitrogens with two attached hydrogens (primary N) is 1. The molecule has 0 aliphatic heterocycles. The van der Waals surface area contributed by atoms with Crippen molar-refractivity contribution in [2.75, 3.05) is 6.54 Å². The summed E-state index contributed by atoms with van der Waals surface area (Å²) in [4.78, 5) is 3.27. The molecule has 0 saturated heterocycles. The molecule has 0 atom stereocenters. The normalized spacial score (nSPS) is 20.6. The molecule has 2 aliphatic rings. The fraction of sp³-hybridized carbons (Fsp3) is 0.667. The van der Waals surface area contributed by atoms with Gasteiger partial charge in [-0.3, -0.25) is 0 Å². The van der Waals surface area contributed by atoms with Gasteiger partial charge in [-0.05, 0) is 37.7 Å². The second-order valence-electron chi connectivity index (χ2n) is 5.31. The van der Waals surface area contributed by atoms with Gasteiger partial charge >= 0.3 is 0 Å². The Morgan fingerprint density at radius 1 is 1.33 bits per heavy atom. The topological polar surface area (TPSA) is 79.2 Å². The van der Waals surface area contributed by atoms with Crippen LogP contribution in [0.3, 0.4) is 0 Å². The van der Waals surface area contributed by atoms with E-state index in [2.05, 4.69) is 4.98 Å². The molecule has 6 heteroatoms. The van der Waals surface area contributed by atoms with Crippen molar-refractivity contribution in [2.45, 2.75) is 43.2 Å². The van der Waals surface area contributed by atoms with Crippen LogP contribution in [0.4, 0.5) is 0 Å². The Kier molecular flexibility index (Phi) is 2.96. The molecule has 1 aromatic rings. The molecule has 0 spiro atoms. The molecule has 0 unspecified atom stereocenters. The summed E-state index contributed by atoms with van der Waals surface area (Å²) in [6.07, 6.45) is 5.89. The third kappa shape index (κ3) is 2.32. The minimum atomic E-state index is -3.34.